The number of carbonyl (C=O) groups excluding carboxylic acids is 6. The summed E-state index contributed by atoms with van der Waals surface area (Å²) in [6.45, 7) is 14.2. The van der Waals surface area contributed by atoms with Crippen LogP contribution in [0.15, 0.2) is 42.5 Å². The Labute approximate surface area is 284 Å². The number of ether oxygens (including phenoxy) is 6. The number of rotatable bonds is 6. The molecule has 11 atom stereocenters. The second-order valence-corrected chi connectivity index (χ2v) is 13.7. The van der Waals surface area contributed by atoms with Crippen molar-refractivity contribution >= 4 is 35.6 Å². The number of fused-ring (bicyclic) bond motifs is 4. The van der Waals surface area contributed by atoms with Crippen molar-refractivity contribution in [3.8, 4) is 0 Å². The number of hydrogen-bond acceptors (Lipinski definition) is 14. The van der Waals surface area contributed by atoms with E-state index < -0.39 is 107 Å². The highest BCUT2D eigenvalue weighted by Gasteiger charge is 2.76. The Morgan fingerprint density at radius 3 is 1.94 bits per heavy atom. The first-order valence-corrected chi connectivity index (χ1v) is 16.0. The highest BCUT2D eigenvalue weighted by molar-refractivity contribution is 5.90. The fourth-order valence-corrected chi connectivity index (χ4v) is 7.63. The fraction of sp³-hybridized carbons (Fsp3) is 0.600. The van der Waals surface area contributed by atoms with Crippen LogP contribution in [0.25, 0.3) is 0 Å². The number of carbonyl (C=O) groups is 6. The number of benzene rings is 1. The summed E-state index contributed by atoms with van der Waals surface area (Å²) < 4.78 is 35.5. The molecule has 3 fully saturated rings. The third-order valence-electron chi connectivity index (χ3n) is 9.81. The molecule has 2 N–H and O–H groups in total. The molecular weight excluding hydrogens is 644 g/mol. The van der Waals surface area contributed by atoms with Crippen molar-refractivity contribution in [1.82, 2.24) is 0 Å². The first-order chi connectivity index (χ1) is 22.7. The summed E-state index contributed by atoms with van der Waals surface area (Å²) in [5.74, 6) is -11.7. The topological polar surface area (TPSA) is 198 Å². The van der Waals surface area contributed by atoms with Gasteiger partial charge in [0.15, 0.2) is 29.7 Å². The van der Waals surface area contributed by atoms with E-state index in [9.17, 15) is 39.0 Å². The minimum atomic E-state index is -2.66. The number of aliphatic hydroxyl groups is 2. The summed E-state index contributed by atoms with van der Waals surface area (Å²) >= 11 is 0. The van der Waals surface area contributed by atoms with Crippen LogP contribution in [0.4, 0.5) is 0 Å². The molecular formula is C35H44O14. The van der Waals surface area contributed by atoms with Gasteiger partial charge in [0.05, 0.1) is 23.5 Å². The predicted molar refractivity (Wildman–Crippen MR) is 167 cm³/mol. The van der Waals surface area contributed by atoms with Crippen molar-refractivity contribution in [1.29, 1.82) is 0 Å². The zero-order valence-corrected chi connectivity index (χ0v) is 28.8. The van der Waals surface area contributed by atoms with Crippen LogP contribution >= 0.6 is 0 Å². The number of hydrogen-bond donors (Lipinski definition) is 2. The van der Waals surface area contributed by atoms with Crippen molar-refractivity contribution in [2.45, 2.75) is 110 Å². The maximum absolute atomic E-state index is 14.2. The molecule has 0 unspecified atom stereocenters. The van der Waals surface area contributed by atoms with Crippen LogP contribution in [-0.4, -0.2) is 93.9 Å². The molecule has 2 heterocycles. The molecule has 1 saturated carbocycles. The molecule has 1 aromatic carbocycles. The van der Waals surface area contributed by atoms with Gasteiger partial charge in [-0.25, -0.2) is 4.79 Å². The van der Waals surface area contributed by atoms with E-state index in [1.807, 2.05) is 0 Å². The lowest BCUT2D eigenvalue weighted by atomic mass is 9.68. The van der Waals surface area contributed by atoms with Crippen LogP contribution in [0.2, 0.25) is 0 Å². The lowest BCUT2D eigenvalue weighted by molar-refractivity contribution is -0.333. The molecule has 4 rings (SSSR count). The summed E-state index contributed by atoms with van der Waals surface area (Å²) in [5, 5.41) is 24.4. The van der Waals surface area contributed by atoms with Gasteiger partial charge < -0.3 is 38.6 Å². The van der Waals surface area contributed by atoms with Crippen LogP contribution in [-0.2, 0) is 52.4 Å². The van der Waals surface area contributed by atoms with Gasteiger partial charge in [0.1, 0.15) is 12.2 Å². The van der Waals surface area contributed by atoms with Crippen LogP contribution in [0.5, 0.6) is 0 Å². The van der Waals surface area contributed by atoms with E-state index in [4.69, 9.17) is 28.4 Å². The van der Waals surface area contributed by atoms with Crippen molar-refractivity contribution in [2.75, 3.05) is 0 Å². The lowest BCUT2D eigenvalue weighted by Crippen LogP contribution is -2.66. The highest BCUT2D eigenvalue weighted by atomic mass is 16.7. The average Bonchev–Trinajstić information content (AvgIpc) is 3.40. The second kappa shape index (κ2) is 13.6. The molecule has 1 aliphatic carbocycles. The van der Waals surface area contributed by atoms with Crippen LogP contribution in [0.3, 0.4) is 0 Å². The quantitative estimate of drug-likeness (QED) is 0.251. The van der Waals surface area contributed by atoms with E-state index in [1.165, 1.54) is 32.9 Å². The van der Waals surface area contributed by atoms with E-state index in [0.717, 1.165) is 27.7 Å². The molecule has 3 aliphatic rings. The van der Waals surface area contributed by atoms with Crippen LogP contribution in [0, 0.1) is 23.2 Å². The summed E-state index contributed by atoms with van der Waals surface area (Å²) in [5.41, 5.74) is -4.18. The lowest BCUT2D eigenvalue weighted by Gasteiger charge is -2.48. The van der Waals surface area contributed by atoms with Crippen molar-refractivity contribution in [2.24, 2.45) is 23.2 Å². The van der Waals surface area contributed by atoms with E-state index in [1.54, 1.807) is 25.1 Å². The Balaban J connectivity index is 2.12. The average molecular weight is 689 g/mol. The maximum atomic E-state index is 14.2. The monoisotopic (exact) mass is 688 g/mol. The largest absolute Gasteiger partial charge is 0.458 e. The zero-order valence-electron chi connectivity index (χ0n) is 28.8. The zero-order chi connectivity index (χ0) is 36.8. The third kappa shape index (κ3) is 6.61. The first-order valence-electron chi connectivity index (χ1n) is 16.0. The molecule has 0 amide bonds. The van der Waals surface area contributed by atoms with Gasteiger partial charge in [-0.2, -0.15) is 0 Å². The molecule has 268 valence electrons. The minimum Gasteiger partial charge on any atom is -0.458 e. The Bertz CT molecular complexity index is 1520. The third-order valence-corrected chi connectivity index (χ3v) is 9.81. The summed E-state index contributed by atoms with van der Waals surface area (Å²) in [6.07, 6.45) is -10.4. The van der Waals surface area contributed by atoms with Gasteiger partial charge in [0.2, 0.25) is 5.79 Å². The Hall–Kier alpha value is -4.14. The van der Waals surface area contributed by atoms with Crippen molar-refractivity contribution in [3.05, 3.63) is 48.0 Å². The van der Waals surface area contributed by atoms with Gasteiger partial charge >= 0.3 is 29.8 Å². The fourth-order valence-electron chi connectivity index (χ4n) is 7.63. The molecule has 0 radical (unpaired) electrons. The van der Waals surface area contributed by atoms with Gasteiger partial charge in [-0.05, 0) is 24.5 Å². The van der Waals surface area contributed by atoms with Crippen LogP contribution < -0.4 is 0 Å². The molecule has 49 heavy (non-hydrogen) atoms. The summed E-state index contributed by atoms with van der Waals surface area (Å²) in [7, 11) is 0. The highest BCUT2D eigenvalue weighted by Crippen LogP contribution is 2.59. The van der Waals surface area contributed by atoms with Crippen molar-refractivity contribution in [3.63, 3.8) is 0 Å². The van der Waals surface area contributed by atoms with E-state index in [-0.39, 0.29) is 17.6 Å². The van der Waals surface area contributed by atoms with Gasteiger partial charge in [0, 0.05) is 38.7 Å². The normalized spacial score (nSPS) is 36.8. The molecule has 1 aromatic rings. The van der Waals surface area contributed by atoms with Gasteiger partial charge in [-0.15, -0.1) is 0 Å². The Kier molecular flexibility index (Phi) is 10.5. The Morgan fingerprint density at radius 2 is 1.41 bits per heavy atom. The van der Waals surface area contributed by atoms with Crippen LogP contribution in [0.1, 0.15) is 72.2 Å². The van der Waals surface area contributed by atoms with Gasteiger partial charge in [-0.1, -0.05) is 52.5 Å². The standard InChI is InChI=1S/C35H44O14/c1-16-15-34(48-22(7)39)24(25(16)40)27(44-19(4)36)17(2)28(45-20(5)37)29(47-32(42)23-13-11-10-12-14-23)31(46-21(6)38)33(8,9)30-26(41)18(3)35(34,43)49-30/h10-14,16,18,24-25,27-31,40,43H,2,15H2,1,3-9H3/t16-,18+,24+,25-,27-,28+,29+,30-,31+,34+,35+/m0/s1. The van der Waals surface area contributed by atoms with Crippen molar-refractivity contribution < 1.29 is 67.4 Å². The predicted octanol–water partition coefficient (Wildman–Crippen LogP) is 2.21. The SMILES string of the molecule is C=C1[C@@H](OC(C)=O)[C@@H](OC(=O)c2ccccc2)[C@@H](OC(C)=O)C(C)(C)[C@H]2O[C@](O)([C@H](C)C2=O)[C@@]2(OC(C)=O)C[C@H](C)[C@H](O)[C@@H]2[C@H]1OC(C)=O. The molecule has 2 saturated heterocycles. The molecule has 2 aliphatic heterocycles. The molecule has 2 bridgehead atoms. The second-order valence-electron chi connectivity index (χ2n) is 13.7. The summed E-state index contributed by atoms with van der Waals surface area (Å²) in [6, 6.07) is 7.71. The minimum absolute atomic E-state index is 0.0602. The number of Topliss-reactive ketones (excluding diaryl/α,β-unsaturated/α-hetero) is 1. The first kappa shape index (κ1) is 37.7. The summed E-state index contributed by atoms with van der Waals surface area (Å²) in [4.78, 5) is 79.1. The van der Waals surface area contributed by atoms with E-state index in [2.05, 4.69) is 6.58 Å². The van der Waals surface area contributed by atoms with E-state index in [0.29, 0.717) is 0 Å². The molecule has 14 heteroatoms. The number of esters is 5. The number of ketones is 1. The van der Waals surface area contributed by atoms with Gasteiger partial charge in [0.25, 0.3) is 0 Å². The smallest absolute Gasteiger partial charge is 0.338 e. The van der Waals surface area contributed by atoms with Gasteiger partial charge in [-0.3, -0.25) is 24.0 Å². The number of aliphatic hydroxyl groups excluding tert-OH is 1. The van der Waals surface area contributed by atoms with E-state index >= 15 is 0 Å². The molecule has 0 aromatic heterocycles. The maximum Gasteiger partial charge on any atom is 0.338 e. The molecule has 14 nitrogen and oxygen atoms in total. The Morgan fingerprint density at radius 1 is 0.857 bits per heavy atom. The molecule has 0 spiro atoms.